The minimum Gasteiger partial charge on any atom is -0.390 e. The highest BCUT2D eigenvalue weighted by Crippen LogP contribution is 2.46. The summed E-state index contributed by atoms with van der Waals surface area (Å²) in [5, 5.41) is 11.5. The number of unbranched alkanes of at least 4 members (excludes halogenated alkanes) is 1. The summed E-state index contributed by atoms with van der Waals surface area (Å²) in [6.07, 6.45) is 16.2. The maximum absolute atomic E-state index is 11.5. The molecule has 1 N–H and O–H groups in total. The van der Waals surface area contributed by atoms with Crippen LogP contribution in [0.15, 0.2) is 0 Å². The van der Waals surface area contributed by atoms with E-state index in [0.717, 1.165) is 50.0 Å². The Labute approximate surface area is 150 Å². The minimum absolute atomic E-state index is 0.396. The minimum atomic E-state index is -0.396. The number of ether oxygens (including phenoxy) is 1. The Morgan fingerprint density at radius 1 is 0.958 bits per heavy atom. The van der Waals surface area contributed by atoms with Crippen LogP contribution in [0.4, 0.5) is 0 Å². The SMILES string of the molecule is CCC1CC(CC)C(CCC(O)(CCCCOC)C2CCCC2)C1. The third kappa shape index (κ3) is 5.46. The topological polar surface area (TPSA) is 29.5 Å². The van der Waals surface area contributed by atoms with Gasteiger partial charge in [-0.15, -0.1) is 0 Å². The molecule has 2 fully saturated rings. The lowest BCUT2D eigenvalue weighted by atomic mass is 9.76. The van der Waals surface area contributed by atoms with Crippen molar-refractivity contribution in [3.63, 3.8) is 0 Å². The van der Waals surface area contributed by atoms with E-state index in [4.69, 9.17) is 4.74 Å². The molecule has 0 spiro atoms. The van der Waals surface area contributed by atoms with Gasteiger partial charge in [0.25, 0.3) is 0 Å². The first-order chi connectivity index (χ1) is 11.6. The first-order valence-electron chi connectivity index (χ1n) is 10.8. The van der Waals surface area contributed by atoms with E-state index >= 15 is 0 Å². The van der Waals surface area contributed by atoms with E-state index in [2.05, 4.69) is 13.8 Å². The third-order valence-corrected chi connectivity index (χ3v) is 7.31. The van der Waals surface area contributed by atoms with Gasteiger partial charge in [-0.1, -0.05) is 39.5 Å². The van der Waals surface area contributed by atoms with Crippen molar-refractivity contribution in [1.29, 1.82) is 0 Å². The summed E-state index contributed by atoms with van der Waals surface area (Å²) in [6.45, 7) is 5.55. The van der Waals surface area contributed by atoms with Crippen LogP contribution in [0.5, 0.6) is 0 Å². The summed E-state index contributed by atoms with van der Waals surface area (Å²) >= 11 is 0. The zero-order valence-corrected chi connectivity index (χ0v) is 16.6. The van der Waals surface area contributed by atoms with Crippen LogP contribution >= 0.6 is 0 Å². The number of methoxy groups -OCH3 is 1. The number of rotatable bonds is 11. The van der Waals surface area contributed by atoms with Crippen LogP contribution in [0.1, 0.15) is 97.3 Å². The molecule has 4 atom stereocenters. The summed E-state index contributed by atoms with van der Waals surface area (Å²) in [4.78, 5) is 0. The van der Waals surface area contributed by atoms with E-state index in [-0.39, 0.29) is 0 Å². The quantitative estimate of drug-likeness (QED) is 0.470. The fourth-order valence-corrected chi connectivity index (χ4v) is 5.63. The second kappa shape index (κ2) is 10.2. The Morgan fingerprint density at radius 3 is 2.29 bits per heavy atom. The molecule has 0 aromatic rings. The van der Waals surface area contributed by atoms with Crippen LogP contribution in [0.2, 0.25) is 0 Å². The Bertz CT molecular complexity index is 337. The molecule has 0 radical (unpaired) electrons. The lowest BCUT2D eigenvalue weighted by molar-refractivity contribution is -0.0400. The first kappa shape index (κ1) is 20.2. The van der Waals surface area contributed by atoms with Crippen LogP contribution in [-0.4, -0.2) is 24.4 Å². The van der Waals surface area contributed by atoms with E-state index < -0.39 is 5.60 Å². The molecule has 2 heteroatoms. The molecular formula is C22H42O2. The summed E-state index contributed by atoms with van der Waals surface area (Å²) in [5.74, 6) is 3.29. The van der Waals surface area contributed by atoms with Gasteiger partial charge >= 0.3 is 0 Å². The van der Waals surface area contributed by atoms with Gasteiger partial charge in [-0.3, -0.25) is 0 Å². The van der Waals surface area contributed by atoms with Crippen molar-refractivity contribution in [3.8, 4) is 0 Å². The highest BCUT2D eigenvalue weighted by atomic mass is 16.5. The largest absolute Gasteiger partial charge is 0.390 e. The van der Waals surface area contributed by atoms with Crippen molar-refractivity contribution < 1.29 is 9.84 Å². The Kier molecular flexibility index (Phi) is 8.57. The Hall–Kier alpha value is -0.0800. The Morgan fingerprint density at radius 2 is 1.67 bits per heavy atom. The van der Waals surface area contributed by atoms with Crippen molar-refractivity contribution in [2.24, 2.45) is 23.7 Å². The lowest BCUT2D eigenvalue weighted by Gasteiger charge is -2.36. The molecule has 24 heavy (non-hydrogen) atoms. The zero-order valence-electron chi connectivity index (χ0n) is 16.6. The molecule has 0 bridgehead atoms. The van der Waals surface area contributed by atoms with Crippen molar-refractivity contribution in [2.75, 3.05) is 13.7 Å². The van der Waals surface area contributed by atoms with Crippen molar-refractivity contribution in [3.05, 3.63) is 0 Å². The van der Waals surface area contributed by atoms with Gasteiger partial charge < -0.3 is 9.84 Å². The van der Waals surface area contributed by atoms with Crippen molar-refractivity contribution >= 4 is 0 Å². The van der Waals surface area contributed by atoms with Crippen molar-refractivity contribution in [1.82, 2.24) is 0 Å². The summed E-state index contributed by atoms with van der Waals surface area (Å²) in [6, 6.07) is 0. The highest BCUT2D eigenvalue weighted by molar-refractivity contribution is 4.91. The van der Waals surface area contributed by atoms with Crippen LogP contribution in [0.25, 0.3) is 0 Å². The van der Waals surface area contributed by atoms with Crippen LogP contribution in [0, 0.1) is 23.7 Å². The molecule has 2 aliphatic rings. The fourth-order valence-electron chi connectivity index (χ4n) is 5.63. The van der Waals surface area contributed by atoms with Gasteiger partial charge in [0.2, 0.25) is 0 Å². The standard InChI is InChI=1S/C22H42O2/c1-4-18-16-19(5-2)20(17-18)12-14-22(23,13-8-9-15-24-3)21-10-6-7-11-21/h18-21,23H,4-17H2,1-3H3. The molecule has 2 saturated carbocycles. The third-order valence-electron chi connectivity index (χ3n) is 7.31. The van der Waals surface area contributed by atoms with Gasteiger partial charge in [-0.25, -0.2) is 0 Å². The molecule has 0 aromatic carbocycles. The number of aliphatic hydroxyl groups is 1. The summed E-state index contributed by atoms with van der Waals surface area (Å²) in [7, 11) is 1.78. The van der Waals surface area contributed by atoms with E-state index in [1.54, 1.807) is 7.11 Å². The van der Waals surface area contributed by atoms with Gasteiger partial charge in [-0.2, -0.15) is 0 Å². The fraction of sp³-hybridized carbons (Fsp3) is 1.00. The first-order valence-corrected chi connectivity index (χ1v) is 10.8. The van der Waals surface area contributed by atoms with Gasteiger partial charge in [-0.05, 0) is 81.5 Å². The summed E-state index contributed by atoms with van der Waals surface area (Å²) < 4.78 is 5.19. The van der Waals surface area contributed by atoms with Crippen LogP contribution < -0.4 is 0 Å². The number of hydrogen-bond donors (Lipinski definition) is 1. The summed E-state index contributed by atoms with van der Waals surface area (Å²) in [5.41, 5.74) is -0.396. The average molecular weight is 339 g/mol. The maximum Gasteiger partial charge on any atom is 0.0676 e. The van der Waals surface area contributed by atoms with E-state index in [9.17, 15) is 5.11 Å². The van der Waals surface area contributed by atoms with Gasteiger partial charge in [0.15, 0.2) is 0 Å². The van der Waals surface area contributed by atoms with Crippen LogP contribution in [-0.2, 0) is 4.74 Å². The second-order valence-electron chi connectivity index (χ2n) is 8.75. The predicted molar refractivity (Wildman–Crippen MR) is 102 cm³/mol. The molecule has 0 aliphatic heterocycles. The molecule has 0 aromatic heterocycles. The normalized spacial score (nSPS) is 30.8. The molecular weight excluding hydrogens is 296 g/mol. The molecule has 142 valence electrons. The lowest BCUT2D eigenvalue weighted by Crippen LogP contribution is -2.37. The van der Waals surface area contributed by atoms with Gasteiger partial charge in [0.05, 0.1) is 5.60 Å². The molecule has 2 nitrogen and oxygen atoms in total. The second-order valence-corrected chi connectivity index (χ2v) is 8.75. The highest BCUT2D eigenvalue weighted by Gasteiger charge is 2.39. The smallest absolute Gasteiger partial charge is 0.0676 e. The van der Waals surface area contributed by atoms with Gasteiger partial charge in [0, 0.05) is 13.7 Å². The zero-order chi connectivity index (χ0) is 17.4. The maximum atomic E-state index is 11.5. The molecule has 0 heterocycles. The van der Waals surface area contributed by atoms with Gasteiger partial charge in [0.1, 0.15) is 0 Å². The molecule has 4 unspecified atom stereocenters. The Balaban J connectivity index is 1.89. The van der Waals surface area contributed by atoms with Crippen LogP contribution in [0.3, 0.4) is 0 Å². The van der Waals surface area contributed by atoms with E-state index in [1.807, 2.05) is 0 Å². The monoisotopic (exact) mass is 338 g/mol. The number of hydrogen-bond acceptors (Lipinski definition) is 2. The van der Waals surface area contributed by atoms with Crippen molar-refractivity contribution in [2.45, 2.75) is 103 Å². The van der Waals surface area contributed by atoms with E-state index in [1.165, 1.54) is 57.8 Å². The average Bonchev–Trinajstić information content (AvgIpc) is 3.26. The predicted octanol–water partition coefficient (Wildman–Crippen LogP) is 5.97. The molecule has 2 aliphatic carbocycles. The molecule has 0 amide bonds. The molecule has 2 rings (SSSR count). The van der Waals surface area contributed by atoms with E-state index in [0.29, 0.717) is 5.92 Å². The molecule has 0 saturated heterocycles.